The van der Waals surface area contributed by atoms with E-state index < -0.39 is 17.7 Å². The highest BCUT2D eigenvalue weighted by Gasteiger charge is 2.22. The Balaban J connectivity index is 1.87. The van der Waals surface area contributed by atoms with Crippen molar-refractivity contribution in [1.29, 1.82) is 0 Å². The quantitative estimate of drug-likeness (QED) is 0.868. The van der Waals surface area contributed by atoms with Crippen molar-refractivity contribution in [2.24, 2.45) is 5.73 Å². The van der Waals surface area contributed by atoms with E-state index in [4.69, 9.17) is 10.5 Å². The Morgan fingerprint density at radius 3 is 2.58 bits per heavy atom. The maximum absolute atomic E-state index is 13.3. The molecule has 0 spiro atoms. The first-order valence-corrected chi connectivity index (χ1v) is 6.23. The molecule has 1 aromatic rings. The molecule has 3 N–H and O–H groups in total. The van der Waals surface area contributed by atoms with Gasteiger partial charge >= 0.3 is 6.09 Å². The topological polar surface area (TPSA) is 64.3 Å². The van der Waals surface area contributed by atoms with Crippen LogP contribution in [0.15, 0.2) is 18.2 Å². The van der Waals surface area contributed by atoms with E-state index in [1.165, 1.54) is 0 Å². The maximum atomic E-state index is 13.3. The van der Waals surface area contributed by atoms with Crippen molar-refractivity contribution in [3.63, 3.8) is 0 Å². The first kappa shape index (κ1) is 13.7. The fourth-order valence-corrected chi connectivity index (χ4v) is 2.09. The minimum absolute atomic E-state index is 0.0982. The molecule has 1 aliphatic rings. The number of nitrogens with one attached hydrogen (secondary N) is 1. The number of hydrogen-bond donors (Lipinski definition) is 2. The van der Waals surface area contributed by atoms with Crippen LogP contribution in [-0.4, -0.2) is 18.2 Å². The highest BCUT2D eigenvalue weighted by molar-refractivity contribution is 5.84. The second-order valence-electron chi connectivity index (χ2n) is 4.69. The van der Waals surface area contributed by atoms with Gasteiger partial charge in [-0.15, -0.1) is 0 Å². The van der Waals surface area contributed by atoms with Crippen LogP contribution in [0.5, 0.6) is 0 Å². The summed E-state index contributed by atoms with van der Waals surface area (Å²) in [5.41, 5.74) is 5.65. The SMILES string of the molecule is NC1CCC(OC(=O)Nc2ccc(F)cc2F)CC1. The Hall–Kier alpha value is -1.69. The van der Waals surface area contributed by atoms with Crippen LogP contribution in [0.1, 0.15) is 25.7 Å². The third-order valence-electron chi connectivity index (χ3n) is 3.16. The average molecular weight is 270 g/mol. The molecule has 0 heterocycles. The monoisotopic (exact) mass is 270 g/mol. The van der Waals surface area contributed by atoms with Crippen LogP contribution in [0.3, 0.4) is 0 Å². The number of nitrogens with two attached hydrogens (primary N) is 1. The summed E-state index contributed by atoms with van der Waals surface area (Å²) in [5.74, 6) is -1.53. The third kappa shape index (κ3) is 3.89. The summed E-state index contributed by atoms with van der Waals surface area (Å²) in [6, 6.07) is 3.09. The zero-order valence-corrected chi connectivity index (χ0v) is 10.4. The Kier molecular flexibility index (Phi) is 4.31. The number of carbonyl (C=O) groups excluding carboxylic acids is 1. The lowest BCUT2D eigenvalue weighted by molar-refractivity contribution is 0.0826. The molecule has 1 amide bonds. The van der Waals surface area contributed by atoms with Gasteiger partial charge in [0.15, 0.2) is 0 Å². The molecule has 104 valence electrons. The average Bonchev–Trinajstić information content (AvgIpc) is 2.36. The maximum Gasteiger partial charge on any atom is 0.411 e. The number of halogens is 2. The van der Waals surface area contributed by atoms with E-state index in [9.17, 15) is 13.6 Å². The lowest BCUT2D eigenvalue weighted by Gasteiger charge is -2.25. The van der Waals surface area contributed by atoms with E-state index in [0.717, 1.165) is 25.0 Å². The van der Waals surface area contributed by atoms with Gasteiger partial charge in [-0.3, -0.25) is 5.32 Å². The first-order chi connectivity index (χ1) is 9.04. The van der Waals surface area contributed by atoms with E-state index >= 15 is 0 Å². The van der Waals surface area contributed by atoms with E-state index in [-0.39, 0.29) is 17.8 Å². The number of carbonyl (C=O) groups is 1. The van der Waals surface area contributed by atoms with Gasteiger partial charge in [-0.25, -0.2) is 13.6 Å². The summed E-state index contributed by atoms with van der Waals surface area (Å²) < 4.78 is 31.2. The molecule has 0 aliphatic heterocycles. The molecule has 0 unspecified atom stereocenters. The second kappa shape index (κ2) is 5.97. The van der Waals surface area contributed by atoms with Crippen LogP contribution >= 0.6 is 0 Å². The Morgan fingerprint density at radius 2 is 1.95 bits per heavy atom. The highest BCUT2D eigenvalue weighted by Crippen LogP contribution is 2.21. The van der Waals surface area contributed by atoms with Gasteiger partial charge in [0.05, 0.1) is 5.69 Å². The Bertz CT molecular complexity index is 460. The predicted molar refractivity (Wildman–Crippen MR) is 66.7 cm³/mol. The van der Waals surface area contributed by atoms with Crippen molar-refractivity contribution in [1.82, 2.24) is 0 Å². The van der Waals surface area contributed by atoms with Crippen molar-refractivity contribution in [2.75, 3.05) is 5.32 Å². The Morgan fingerprint density at radius 1 is 1.26 bits per heavy atom. The number of hydrogen-bond acceptors (Lipinski definition) is 3. The fourth-order valence-electron chi connectivity index (χ4n) is 2.09. The Labute approximate surface area is 109 Å². The lowest BCUT2D eigenvalue weighted by atomic mass is 9.94. The zero-order chi connectivity index (χ0) is 13.8. The summed E-state index contributed by atoms with van der Waals surface area (Å²) in [5, 5.41) is 2.26. The fraction of sp³-hybridized carbons (Fsp3) is 0.462. The van der Waals surface area contributed by atoms with Gasteiger partial charge in [0.25, 0.3) is 0 Å². The van der Waals surface area contributed by atoms with Crippen LogP contribution in [0, 0.1) is 11.6 Å². The zero-order valence-electron chi connectivity index (χ0n) is 10.4. The van der Waals surface area contributed by atoms with E-state index in [1.54, 1.807) is 0 Å². The minimum atomic E-state index is -0.831. The highest BCUT2D eigenvalue weighted by atomic mass is 19.1. The molecule has 4 nitrogen and oxygen atoms in total. The number of rotatable bonds is 2. The van der Waals surface area contributed by atoms with Crippen molar-refractivity contribution in [3.8, 4) is 0 Å². The van der Waals surface area contributed by atoms with Gasteiger partial charge in [0.2, 0.25) is 0 Å². The lowest BCUT2D eigenvalue weighted by Crippen LogP contribution is -2.32. The molecular weight excluding hydrogens is 254 g/mol. The summed E-state index contributed by atoms with van der Waals surface area (Å²) in [6.07, 6.45) is 2.11. The molecule has 0 aromatic heterocycles. The summed E-state index contributed by atoms with van der Waals surface area (Å²) >= 11 is 0. The van der Waals surface area contributed by atoms with E-state index in [0.29, 0.717) is 18.9 Å². The van der Waals surface area contributed by atoms with Gasteiger partial charge in [-0.05, 0) is 37.8 Å². The number of ether oxygens (including phenoxy) is 1. The molecule has 1 aromatic carbocycles. The van der Waals surface area contributed by atoms with Gasteiger partial charge in [0, 0.05) is 12.1 Å². The molecule has 1 aliphatic carbocycles. The standard InChI is InChI=1S/C13H16F2N2O2/c14-8-1-6-12(11(15)7-8)17-13(18)19-10-4-2-9(16)3-5-10/h1,6-7,9-10H,2-5,16H2,(H,17,18). The molecular formula is C13H16F2N2O2. The molecule has 19 heavy (non-hydrogen) atoms. The number of amides is 1. The van der Waals surface area contributed by atoms with Crippen molar-refractivity contribution in [2.45, 2.75) is 37.8 Å². The third-order valence-corrected chi connectivity index (χ3v) is 3.16. The molecule has 6 heteroatoms. The molecule has 1 fully saturated rings. The number of benzene rings is 1. The van der Waals surface area contributed by atoms with E-state index in [2.05, 4.69) is 5.32 Å². The summed E-state index contributed by atoms with van der Waals surface area (Å²) in [6.45, 7) is 0. The van der Waals surface area contributed by atoms with Crippen molar-refractivity contribution < 1.29 is 18.3 Å². The van der Waals surface area contributed by atoms with Crippen LogP contribution in [0.2, 0.25) is 0 Å². The molecule has 0 bridgehead atoms. The van der Waals surface area contributed by atoms with E-state index in [1.807, 2.05) is 0 Å². The number of anilines is 1. The van der Waals surface area contributed by atoms with Gasteiger partial charge in [0.1, 0.15) is 17.7 Å². The van der Waals surface area contributed by atoms with Crippen LogP contribution in [0.4, 0.5) is 19.3 Å². The van der Waals surface area contributed by atoms with Crippen LogP contribution in [-0.2, 0) is 4.74 Å². The predicted octanol–water partition coefficient (Wildman–Crippen LogP) is 2.78. The van der Waals surface area contributed by atoms with Crippen LogP contribution < -0.4 is 11.1 Å². The molecule has 0 saturated heterocycles. The largest absolute Gasteiger partial charge is 0.446 e. The smallest absolute Gasteiger partial charge is 0.411 e. The second-order valence-corrected chi connectivity index (χ2v) is 4.69. The van der Waals surface area contributed by atoms with Crippen molar-refractivity contribution in [3.05, 3.63) is 29.8 Å². The molecule has 1 saturated carbocycles. The van der Waals surface area contributed by atoms with Crippen LogP contribution in [0.25, 0.3) is 0 Å². The summed E-state index contributed by atoms with van der Waals surface area (Å²) in [4.78, 5) is 11.6. The van der Waals surface area contributed by atoms with Gasteiger partial charge in [-0.2, -0.15) is 0 Å². The minimum Gasteiger partial charge on any atom is -0.446 e. The first-order valence-electron chi connectivity index (χ1n) is 6.23. The van der Waals surface area contributed by atoms with Gasteiger partial charge < -0.3 is 10.5 Å². The molecule has 0 radical (unpaired) electrons. The normalized spacial score (nSPS) is 22.9. The summed E-state index contributed by atoms with van der Waals surface area (Å²) in [7, 11) is 0. The molecule has 0 atom stereocenters. The van der Waals surface area contributed by atoms with Gasteiger partial charge in [-0.1, -0.05) is 0 Å². The van der Waals surface area contributed by atoms with Crippen molar-refractivity contribution >= 4 is 11.8 Å². The molecule has 2 rings (SSSR count).